The summed E-state index contributed by atoms with van der Waals surface area (Å²) in [4.78, 5) is 26.6. The number of furan rings is 1. The summed E-state index contributed by atoms with van der Waals surface area (Å²) in [5.74, 6) is 0.743. The molecular formula is C28H35N3O6S. The minimum Gasteiger partial charge on any atom is -0.464 e. The topological polar surface area (TPSA) is 109 Å². The highest BCUT2D eigenvalue weighted by Gasteiger charge is 2.29. The van der Waals surface area contributed by atoms with Crippen molar-refractivity contribution >= 4 is 27.5 Å². The third kappa shape index (κ3) is 8.54. The van der Waals surface area contributed by atoms with Crippen LogP contribution in [0.25, 0.3) is 0 Å². The molecule has 0 fully saturated rings. The molecule has 0 bridgehead atoms. The molecule has 2 aromatic carbocycles. The summed E-state index contributed by atoms with van der Waals surface area (Å²) >= 11 is 0. The number of nitrogens with one attached hydrogen (secondary N) is 1. The first-order chi connectivity index (χ1) is 18.2. The van der Waals surface area contributed by atoms with Gasteiger partial charge in [0.2, 0.25) is 21.8 Å². The Labute approximate surface area is 224 Å². The van der Waals surface area contributed by atoms with Crippen molar-refractivity contribution in [1.82, 2.24) is 9.21 Å². The maximum Gasteiger partial charge on any atom is 0.243 e. The molecule has 1 N–H and O–H groups in total. The van der Waals surface area contributed by atoms with E-state index in [2.05, 4.69) is 5.32 Å². The van der Waals surface area contributed by atoms with Crippen molar-refractivity contribution in [3.63, 3.8) is 0 Å². The molecule has 38 heavy (non-hydrogen) atoms. The molecule has 3 aromatic rings. The SMILES string of the molecule is CCOCCCN(CC(=O)N(Cc1ccccc1)Cc1ccc(C)o1)S(=O)(=O)c1ccc(NC(C)=O)cc1. The summed E-state index contributed by atoms with van der Waals surface area (Å²) < 4.78 is 39.5. The number of aryl methyl sites for hydroxylation is 1. The number of hydrogen-bond donors (Lipinski definition) is 1. The fraction of sp³-hybridized carbons (Fsp3) is 0.357. The van der Waals surface area contributed by atoms with Crippen molar-refractivity contribution in [2.24, 2.45) is 0 Å². The number of rotatable bonds is 14. The largest absolute Gasteiger partial charge is 0.464 e. The Morgan fingerprint density at radius 1 is 0.974 bits per heavy atom. The number of anilines is 1. The first-order valence-electron chi connectivity index (χ1n) is 12.5. The maximum atomic E-state index is 13.6. The van der Waals surface area contributed by atoms with Crippen molar-refractivity contribution in [1.29, 1.82) is 0 Å². The number of ether oxygens (including phenoxy) is 1. The van der Waals surface area contributed by atoms with Crippen LogP contribution >= 0.6 is 0 Å². The number of benzene rings is 2. The van der Waals surface area contributed by atoms with Gasteiger partial charge in [-0.15, -0.1) is 0 Å². The monoisotopic (exact) mass is 541 g/mol. The average molecular weight is 542 g/mol. The van der Waals surface area contributed by atoms with Crippen LogP contribution in [0.5, 0.6) is 0 Å². The van der Waals surface area contributed by atoms with Crippen LogP contribution < -0.4 is 5.32 Å². The molecule has 0 aliphatic carbocycles. The lowest BCUT2D eigenvalue weighted by Gasteiger charge is -2.27. The van der Waals surface area contributed by atoms with Crippen LogP contribution in [0.15, 0.2) is 76.0 Å². The molecule has 204 valence electrons. The van der Waals surface area contributed by atoms with E-state index in [4.69, 9.17) is 9.15 Å². The third-order valence-electron chi connectivity index (χ3n) is 5.74. The van der Waals surface area contributed by atoms with E-state index in [0.717, 1.165) is 11.3 Å². The Balaban J connectivity index is 1.85. The van der Waals surface area contributed by atoms with Gasteiger partial charge in [-0.3, -0.25) is 9.59 Å². The van der Waals surface area contributed by atoms with Gasteiger partial charge < -0.3 is 19.4 Å². The van der Waals surface area contributed by atoms with Crippen molar-refractivity contribution < 1.29 is 27.2 Å². The fourth-order valence-electron chi connectivity index (χ4n) is 3.88. The highest BCUT2D eigenvalue weighted by atomic mass is 32.2. The van der Waals surface area contributed by atoms with Gasteiger partial charge in [0.05, 0.1) is 18.0 Å². The quantitative estimate of drug-likeness (QED) is 0.307. The van der Waals surface area contributed by atoms with Gasteiger partial charge in [-0.05, 0) is 62.2 Å². The van der Waals surface area contributed by atoms with Crippen molar-refractivity contribution in [3.8, 4) is 0 Å². The smallest absolute Gasteiger partial charge is 0.243 e. The van der Waals surface area contributed by atoms with E-state index in [1.54, 1.807) is 4.90 Å². The lowest BCUT2D eigenvalue weighted by Crippen LogP contribution is -2.43. The summed E-state index contributed by atoms with van der Waals surface area (Å²) in [6.07, 6.45) is 0.431. The van der Waals surface area contributed by atoms with E-state index in [0.29, 0.717) is 37.6 Å². The molecule has 0 saturated carbocycles. The molecule has 1 heterocycles. The molecule has 9 nitrogen and oxygen atoms in total. The van der Waals surface area contributed by atoms with Crippen molar-refractivity contribution in [2.75, 3.05) is 31.6 Å². The number of amides is 2. The molecule has 2 amide bonds. The molecule has 1 aromatic heterocycles. The Morgan fingerprint density at radius 2 is 1.68 bits per heavy atom. The van der Waals surface area contributed by atoms with Gasteiger partial charge in [0.15, 0.2) is 0 Å². The summed E-state index contributed by atoms with van der Waals surface area (Å²) in [7, 11) is -4.01. The van der Waals surface area contributed by atoms with Crippen molar-refractivity contribution in [3.05, 3.63) is 83.8 Å². The van der Waals surface area contributed by atoms with Crippen LogP contribution in [0.2, 0.25) is 0 Å². The van der Waals surface area contributed by atoms with Crippen LogP contribution in [0.1, 0.15) is 37.4 Å². The molecule has 3 rings (SSSR count). The van der Waals surface area contributed by atoms with Gasteiger partial charge in [0.25, 0.3) is 0 Å². The second-order valence-corrected chi connectivity index (χ2v) is 10.8. The Kier molecular flexibility index (Phi) is 10.6. The zero-order chi connectivity index (χ0) is 27.5. The predicted molar refractivity (Wildman–Crippen MR) is 145 cm³/mol. The lowest BCUT2D eigenvalue weighted by atomic mass is 10.2. The second kappa shape index (κ2) is 13.9. The maximum absolute atomic E-state index is 13.6. The van der Waals surface area contributed by atoms with Crippen LogP contribution in [-0.2, 0) is 37.4 Å². The van der Waals surface area contributed by atoms with E-state index in [1.807, 2.05) is 56.3 Å². The molecule has 10 heteroatoms. The molecule has 0 saturated heterocycles. The van der Waals surface area contributed by atoms with Gasteiger partial charge in [0, 0.05) is 38.9 Å². The molecule has 0 aliphatic rings. The first kappa shape index (κ1) is 29.1. The molecular weight excluding hydrogens is 506 g/mol. The summed E-state index contributed by atoms with van der Waals surface area (Å²) in [6, 6.07) is 19.1. The zero-order valence-electron chi connectivity index (χ0n) is 22.1. The van der Waals surface area contributed by atoms with Crippen LogP contribution in [0.4, 0.5) is 5.69 Å². The van der Waals surface area contributed by atoms with E-state index in [1.165, 1.54) is 35.5 Å². The number of carbonyl (C=O) groups is 2. The molecule has 0 spiro atoms. The Morgan fingerprint density at radius 3 is 2.29 bits per heavy atom. The highest BCUT2D eigenvalue weighted by Crippen LogP contribution is 2.20. The highest BCUT2D eigenvalue weighted by molar-refractivity contribution is 7.89. The van der Waals surface area contributed by atoms with Crippen LogP contribution in [-0.4, -0.2) is 55.7 Å². The fourth-order valence-corrected chi connectivity index (χ4v) is 5.31. The number of carbonyl (C=O) groups excluding carboxylic acids is 2. The molecule has 0 atom stereocenters. The standard InChI is InChI=1S/C28H35N3O6S/c1-4-36-18-8-17-31(38(34,35)27-15-12-25(13-16-27)29-23(3)32)21-28(33)30(19-24-9-6-5-7-10-24)20-26-14-11-22(2)37-26/h5-7,9-16H,4,8,17-21H2,1-3H3,(H,29,32). The van der Waals surface area contributed by atoms with Gasteiger partial charge in [0.1, 0.15) is 11.5 Å². The van der Waals surface area contributed by atoms with Crippen LogP contribution in [0, 0.1) is 6.92 Å². The van der Waals surface area contributed by atoms with Crippen LogP contribution in [0.3, 0.4) is 0 Å². The summed E-state index contributed by atoms with van der Waals surface area (Å²) in [5.41, 5.74) is 1.40. The zero-order valence-corrected chi connectivity index (χ0v) is 22.9. The average Bonchev–Trinajstić information content (AvgIpc) is 3.30. The van der Waals surface area contributed by atoms with E-state index < -0.39 is 10.0 Å². The molecule has 0 unspecified atom stereocenters. The second-order valence-electron chi connectivity index (χ2n) is 8.84. The van der Waals surface area contributed by atoms with Gasteiger partial charge in [-0.25, -0.2) is 8.42 Å². The first-order valence-corrected chi connectivity index (χ1v) is 14.0. The van der Waals surface area contributed by atoms with Gasteiger partial charge in [-0.1, -0.05) is 30.3 Å². The minimum absolute atomic E-state index is 0.0343. The van der Waals surface area contributed by atoms with E-state index in [-0.39, 0.29) is 36.3 Å². The number of nitrogens with zero attached hydrogens (tertiary/aromatic N) is 2. The normalized spacial score (nSPS) is 11.5. The van der Waals surface area contributed by atoms with E-state index in [9.17, 15) is 18.0 Å². The third-order valence-corrected chi connectivity index (χ3v) is 7.60. The number of sulfonamides is 1. The molecule has 0 radical (unpaired) electrons. The summed E-state index contributed by atoms with van der Waals surface area (Å²) in [5, 5.41) is 2.62. The summed E-state index contributed by atoms with van der Waals surface area (Å²) in [6.45, 7) is 6.25. The minimum atomic E-state index is -4.01. The van der Waals surface area contributed by atoms with Crippen molar-refractivity contribution in [2.45, 2.75) is 45.2 Å². The number of hydrogen-bond acceptors (Lipinski definition) is 6. The Bertz CT molecular complexity index is 1290. The lowest BCUT2D eigenvalue weighted by molar-refractivity contribution is -0.133. The Hall–Kier alpha value is -3.47. The molecule has 0 aliphatic heterocycles. The predicted octanol–water partition coefficient (Wildman–Crippen LogP) is 4.19. The van der Waals surface area contributed by atoms with E-state index >= 15 is 0 Å². The van der Waals surface area contributed by atoms with Gasteiger partial charge >= 0.3 is 0 Å². The van der Waals surface area contributed by atoms with Gasteiger partial charge in [-0.2, -0.15) is 4.31 Å².